The van der Waals surface area contributed by atoms with Gasteiger partial charge in [0, 0.05) is 12.6 Å². The quantitative estimate of drug-likeness (QED) is 0.230. The summed E-state index contributed by atoms with van der Waals surface area (Å²) in [6.45, 7) is 12.3. The number of carbonyl (C=O) groups excluding carboxylic acids is 1. The van der Waals surface area contributed by atoms with Crippen LogP contribution in [0.2, 0.25) is 0 Å². The number of hydrogen-bond acceptors (Lipinski definition) is 2. The standard InChI is InChI=1S/C29H47N3O/c1-24(2)11-9-12-25(3)13-10-14-27-15-17-28(18-16-27)26(4)23-29(33)30-19-21-32(7,8)22-20-31(5)6/h11,13,15-18,23H,9-10,12,14,19-22H2,1-8H3/p+1. The molecular weight excluding hydrogens is 406 g/mol. The molecule has 0 fully saturated rings. The molecule has 0 aliphatic rings. The van der Waals surface area contributed by atoms with Crippen LogP contribution in [-0.2, 0) is 11.2 Å². The number of allylic oxidation sites excluding steroid dienone is 5. The average Bonchev–Trinajstić information content (AvgIpc) is 2.72. The van der Waals surface area contributed by atoms with Gasteiger partial charge in [-0.1, -0.05) is 47.6 Å². The van der Waals surface area contributed by atoms with Gasteiger partial charge in [-0.15, -0.1) is 0 Å². The molecule has 0 bridgehead atoms. The lowest BCUT2D eigenvalue weighted by Crippen LogP contribution is -2.48. The van der Waals surface area contributed by atoms with Crippen LogP contribution >= 0.6 is 0 Å². The predicted octanol–water partition coefficient (Wildman–Crippen LogP) is 5.47. The molecule has 0 saturated heterocycles. The number of nitrogens with one attached hydrogen (secondary N) is 1. The number of aryl methyl sites for hydroxylation is 1. The average molecular weight is 455 g/mol. The van der Waals surface area contributed by atoms with Crippen molar-refractivity contribution in [2.75, 3.05) is 54.4 Å². The molecule has 4 heteroatoms. The SMILES string of the molecule is CC(C)=CCCC(C)=CCCc1ccc(C(C)=CC(=O)NCC[N+](C)(C)CCN(C)C)cc1. The molecule has 0 aliphatic heterocycles. The molecule has 0 saturated carbocycles. The Morgan fingerprint density at radius 2 is 1.64 bits per heavy atom. The molecular formula is C29H48N3O+. The maximum atomic E-state index is 12.4. The molecule has 4 nitrogen and oxygen atoms in total. The third-order valence-corrected chi connectivity index (χ3v) is 5.94. The Labute approximate surface area is 203 Å². The van der Waals surface area contributed by atoms with E-state index < -0.39 is 0 Å². The summed E-state index contributed by atoms with van der Waals surface area (Å²) in [6, 6.07) is 8.62. The van der Waals surface area contributed by atoms with Gasteiger partial charge in [0.2, 0.25) is 5.91 Å². The molecule has 0 heterocycles. The molecule has 0 atom stereocenters. The third kappa shape index (κ3) is 13.9. The number of amides is 1. The van der Waals surface area contributed by atoms with E-state index in [9.17, 15) is 4.79 Å². The summed E-state index contributed by atoms with van der Waals surface area (Å²) in [4.78, 5) is 14.5. The van der Waals surface area contributed by atoms with E-state index in [1.807, 2.05) is 6.92 Å². The molecule has 1 aromatic rings. The van der Waals surface area contributed by atoms with Crippen molar-refractivity contribution in [1.82, 2.24) is 10.2 Å². The summed E-state index contributed by atoms with van der Waals surface area (Å²) in [7, 11) is 8.60. The van der Waals surface area contributed by atoms with Gasteiger partial charge in [-0.25, -0.2) is 0 Å². The number of benzene rings is 1. The molecule has 1 rings (SSSR count). The summed E-state index contributed by atoms with van der Waals surface area (Å²) in [6.07, 6.45) is 10.8. The third-order valence-electron chi connectivity index (χ3n) is 5.94. The van der Waals surface area contributed by atoms with Crippen LogP contribution in [0.4, 0.5) is 0 Å². The highest BCUT2D eigenvalue weighted by atomic mass is 16.1. The smallest absolute Gasteiger partial charge is 0.244 e. The Hall–Kier alpha value is -2.17. The maximum absolute atomic E-state index is 12.4. The van der Waals surface area contributed by atoms with Gasteiger partial charge in [-0.3, -0.25) is 4.79 Å². The van der Waals surface area contributed by atoms with Crippen LogP contribution in [-0.4, -0.2) is 69.7 Å². The van der Waals surface area contributed by atoms with E-state index in [0.717, 1.165) is 60.9 Å². The molecule has 184 valence electrons. The van der Waals surface area contributed by atoms with Crippen molar-refractivity contribution in [2.45, 2.75) is 53.4 Å². The van der Waals surface area contributed by atoms with Crippen LogP contribution in [0, 0.1) is 0 Å². The number of nitrogens with zero attached hydrogens (tertiary/aromatic N) is 2. The van der Waals surface area contributed by atoms with E-state index in [0.29, 0.717) is 6.54 Å². The summed E-state index contributed by atoms with van der Waals surface area (Å²) >= 11 is 0. The first-order valence-corrected chi connectivity index (χ1v) is 12.3. The molecule has 1 N–H and O–H groups in total. The van der Waals surface area contributed by atoms with Crippen molar-refractivity contribution >= 4 is 11.5 Å². The lowest BCUT2D eigenvalue weighted by molar-refractivity contribution is -0.888. The Bertz CT molecular complexity index is 810. The monoisotopic (exact) mass is 454 g/mol. The number of carbonyl (C=O) groups is 1. The Morgan fingerprint density at radius 3 is 2.24 bits per heavy atom. The van der Waals surface area contributed by atoms with E-state index in [4.69, 9.17) is 0 Å². The first kappa shape index (κ1) is 28.9. The van der Waals surface area contributed by atoms with Crippen LogP contribution < -0.4 is 5.32 Å². The van der Waals surface area contributed by atoms with Gasteiger partial charge in [-0.05, 0) is 84.2 Å². The predicted molar refractivity (Wildman–Crippen MR) is 144 cm³/mol. The van der Waals surface area contributed by atoms with Gasteiger partial charge in [0.25, 0.3) is 0 Å². The topological polar surface area (TPSA) is 32.3 Å². The number of rotatable bonds is 14. The molecule has 1 amide bonds. The molecule has 0 aromatic heterocycles. The van der Waals surface area contributed by atoms with Gasteiger partial charge in [0.1, 0.15) is 0 Å². The minimum atomic E-state index is -0.0158. The summed E-state index contributed by atoms with van der Waals surface area (Å²) in [5, 5.41) is 3.04. The van der Waals surface area contributed by atoms with Crippen LogP contribution in [0.1, 0.15) is 58.1 Å². The highest BCUT2D eigenvalue weighted by Gasteiger charge is 2.15. The van der Waals surface area contributed by atoms with Crippen molar-refractivity contribution in [3.8, 4) is 0 Å². The van der Waals surface area contributed by atoms with Crippen molar-refractivity contribution in [3.05, 3.63) is 64.8 Å². The van der Waals surface area contributed by atoms with Crippen LogP contribution in [0.15, 0.2) is 53.6 Å². The van der Waals surface area contributed by atoms with Crippen LogP contribution in [0.5, 0.6) is 0 Å². The van der Waals surface area contributed by atoms with Crippen molar-refractivity contribution in [3.63, 3.8) is 0 Å². The van der Waals surface area contributed by atoms with Gasteiger partial charge >= 0.3 is 0 Å². The Kier molecular flexibility index (Phi) is 13.0. The van der Waals surface area contributed by atoms with E-state index in [-0.39, 0.29) is 5.91 Å². The van der Waals surface area contributed by atoms with E-state index in [2.05, 4.69) is 95.6 Å². The number of likely N-dealkylation sites (N-methyl/N-ethyl adjacent to an activating group) is 2. The van der Waals surface area contributed by atoms with Crippen LogP contribution in [0.3, 0.4) is 0 Å². The molecule has 0 spiro atoms. The van der Waals surface area contributed by atoms with Crippen molar-refractivity contribution in [1.29, 1.82) is 0 Å². The summed E-state index contributed by atoms with van der Waals surface area (Å²) in [5.41, 5.74) is 6.29. The second-order valence-electron chi connectivity index (χ2n) is 10.4. The largest absolute Gasteiger partial charge is 0.347 e. The Balaban J connectivity index is 2.47. The van der Waals surface area contributed by atoms with Gasteiger partial charge in [-0.2, -0.15) is 0 Å². The fourth-order valence-corrected chi connectivity index (χ4v) is 3.51. The minimum Gasteiger partial charge on any atom is -0.347 e. The fraction of sp³-hybridized carbons (Fsp3) is 0.552. The lowest BCUT2D eigenvalue weighted by Gasteiger charge is -2.31. The summed E-state index contributed by atoms with van der Waals surface area (Å²) < 4.78 is 0.896. The summed E-state index contributed by atoms with van der Waals surface area (Å²) in [5.74, 6) is -0.0158. The zero-order valence-electron chi connectivity index (χ0n) is 22.5. The van der Waals surface area contributed by atoms with Crippen molar-refractivity contribution in [2.24, 2.45) is 0 Å². The second kappa shape index (κ2) is 14.9. The zero-order chi connectivity index (χ0) is 24.9. The highest BCUT2D eigenvalue weighted by Crippen LogP contribution is 2.16. The van der Waals surface area contributed by atoms with Crippen molar-refractivity contribution < 1.29 is 9.28 Å². The van der Waals surface area contributed by atoms with E-state index >= 15 is 0 Å². The van der Waals surface area contributed by atoms with E-state index in [1.165, 1.54) is 16.7 Å². The van der Waals surface area contributed by atoms with Gasteiger partial charge in [0.15, 0.2) is 0 Å². The lowest BCUT2D eigenvalue weighted by atomic mass is 10.0. The van der Waals surface area contributed by atoms with Gasteiger partial charge < -0.3 is 14.7 Å². The zero-order valence-corrected chi connectivity index (χ0v) is 22.5. The fourth-order valence-electron chi connectivity index (χ4n) is 3.51. The van der Waals surface area contributed by atoms with Gasteiger partial charge in [0.05, 0.1) is 33.7 Å². The number of quaternary nitrogens is 1. The molecule has 0 radical (unpaired) electrons. The Morgan fingerprint density at radius 1 is 0.970 bits per heavy atom. The first-order valence-electron chi connectivity index (χ1n) is 12.3. The molecule has 0 aliphatic carbocycles. The maximum Gasteiger partial charge on any atom is 0.244 e. The normalized spacial score (nSPS) is 12.8. The second-order valence-corrected chi connectivity index (χ2v) is 10.4. The molecule has 0 unspecified atom stereocenters. The van der Waals surface area contributed by atoms with E-state index in [1.54, 1.807) is 6.08 Å². The highest BCUT2D eigenvalue weighted by molar-refractivity contribution is 5.94. The van der Waals surface area contributed by atoms with Crippen LogP contribution in [0.25, 0.3) is 5.57 Å². The molecule has 1 aromatic carbocycles. The first-order chi connectivity index (χ1) is 15.5. The minimum absolute atomic E-state index is 0.0158. The number of hydrogen-bond donors (Lipinski definition) is 1. The molecule has 33 heavy (non-hydrogen) atoms.